The minimum absolute atomic E-state index is 0.259. The Balaban J connectivity index is 1.97. The molecule has 0 saturated carbocycles. The summed E-state index contributed by atoms with van der Waals surface area (Å²) in [6.45, 7) is 10.3. The number of carbonyl (C=O) groups excluding carboxylic acids is 3. The van der Waals surface area contributed by atoms with Gasteiger partial charge in [-0.3, -0.25) is 14.5 Å². The molecular formula is C29H41N7O4. The first-order chi connectivity index (χ1) is 18.8. The monoisotopic (exact) mass is 551 g/mol. The van der Waals surface area contributed by atoms with Crippen LogP contribution in [0.1, 0.15) is 69.8 Å². The third kappa shape index (κ3) is 10.1. The Kier molecular flexibility index (Phi) is 11.7. The van der Waals surface area contributed by atoms with Crippen LogP contribution in [0, 0.1) is 11.8 Å². The van der Waals surface area contributed by atoms with Crippen LogP contribution < -0.4 is 21.3 Å². The highest BCUT2D eigenvalue weighted by Gasteiger charge is 2.26. The molecule has 2 rings (SSSR count). The summed E-state index contributed by atoms with van der Waals surface area (Å²) in [6.07, 6.45) is 3.27. The van der Waals surface area contributed by atoms with Gasteiger partial charge in [-0.25, -0.2) is 9.78 Å². The number of rotatable bonds is 11. The van der Waals surface area contributed by atoms with Gasteiger partial charge in [-0.1, -0.05) is 18.8 Å². The normalized spacial score (nSPS) is 11.5. The molecule has 2 aromatic rings. The second-order valence-corrected chi connectivity index (χ2v) is 10.4. The highest BCUT2D eigenvalue weighted by molar-refractivity contribution is 5.93. The highest BCUT2D eigenvalue weighted by Crippen LogP contribution is 2.20. The number of hydrogen-bond donors (Lipinski definition) is 3. The standard InChI is InChI=1S/C29H41N7O4/c1-8-18-35(6)25-22(19-32-27(34-25)33-23-15-13-21(14-16-23)24(30)37)12-10-9-11-17-31-26(38)20(2)36(7)28(39)40-29(3,4)5/h13-16,19-20H,8-9,11,17-18H2,1-7H3,(H2,30,37)(H,31,38)(H,32,33,34)/t20-/m0/s1. The number of carbonyl (C=O) groups is 3. The van der Waals surface area contributed by atoms with Crippen LogP contribution in [0.15, 0.2) is 30.5 Å². The van der Waals surface area contributed by atoms with Gasteiger partial charge < -0.3 is 26.0 Å². The molecule has 0 aliphatic carbocycles. The maximum atomic E-state index is 12.5. The number of nitrogens with two attached hydrogens (primary N) is 1. The van der Waals surface area contributed by atoms with E-state index in [1.165, 1.54) is 4.90 Å². The van der Waals surface area contributed by atoms with Crippen molar-refractivity contribution in [3.63, 3.8) is 0 Å². The molecule has 40 heavy (non-hydrogen) atoms. The smallest absolute Gasteiger partial charge is 0.410 e. The third-order valence-electron chi connectivity index (χ3n) is 5.76. The summed E-state index contributed by atoms with van der Waals surface area (Å²) >= 11 is 0. The predicted molar refractivity (Wildman–Crippen MR) is 156 cm³/mol. The lowest BCUT2D eigenvalue weighted by molar-refractivity contribution is -0.125. The number of primary amides is 1. The summed E-state index contributed by atoms with van der Waals surface area (Å²) in [6, 6.07) is 6.08. The van der Waals surface area contributed by atoms with Gasteiger partial charge in [-0.05, 0) is 64.8 Å². The number of ether oxygens (including phenoxy) is 1. The lowest BCUT2D eigenvalue weighted by Crippen LogP contribution is -2.47. The second-order valence-electron chi connectivity index (χ2n) is 10.4. The van der Waals surface area contributed by atoms with E-state index in [9.17, 15) is 14.4 Å². The molecule has 3 amide bonds. The van der Waals surface area contributed by atoms with Crippen molar-refractivity contribution in [3.05, 3.63) is 41.6 Å². The quantitative estimate of drug-likeness (QED) is 0.284. The average Bonchev–Trinajstić information content (AvgIpc) is 2.89. The van der Waals surface area contributed by atoms with Gasteiger partial charge in [0.2, 0.25) is 17.8 Å². The van der Waals surface area contributed by atoms with Crippen molar-refractivity contribution in [3.8, 4) is 11.8 Å². The topological polar surface area (TPSA) is 143 Å². The molecule has 1 heterocycles. The van der Waals surface area contributed by atoms with E-state index >= 15 is 0 Å². The molecule has 0 aliphatic heterocycles. The zero-order valence-corrected chi connectivity index (χ0v) is 24.5. The van der Waals surface area contributed by atoms with E-state index in [0.29, 0.717) is 42.3 Å². The summed E-state index contributed by atoms with van der Waals surface area (Å²) < 4.78 is 5.32. The number of nitrogens with zero attached hydrogens (tertiary/aromatic N) is 4. The SMILES string of the molecule is CCCN(C)c1nc(Nc2ccc(C(N)=O)cc2)ncc1C#CCCCNC(=O)[C@H](C)N(C)C(=O)OC(C)(C)C. The second kappa shape index (κ2) is 14.7. The molecule has 0 spiro atoms. The fourth-order valence-corrected chi connectivity index (χ4v) is 3.46. The van der Waals surface area contributed by atoms with Crippen LogP contribution in [0.3, 0.4) is 0 Å². The molecule has 4 N–H and O–H groups in total. The van der Waals surface area contributed by atoms with Gasteiger partial charge in [-0.15, -0.1) is 0 Å². The predicted octanol–water partition coefficient (Wildman–Crippen LogP) is 3.67. The van der Waals surface area contributed by atoms with Crippen molar-refractivity contribution in [2.24, 2.45) is 5.73 Å². The van der Waals surface area contributed by atoms with E-state index in [1.807, 2.05) is 11.9 Å². The van der Waals surface area contributed by atoms with Crippen LogP contribution in [-0.4, -0.2) is 71.6 Å². The molecule has 0 radical (unpaired) electrons. The molecule has 0 fully saturated rings. The molecular weight excluding hydrogens is 510 g/mol. The first-order valence-corrected chi connectivity index (χ1v) is 13.3. The molecule has 1 aromatic heterocycles. The van der Waals surface area contributed by atoms with Crippen molar-refractivity contribution >= 4 is 35.4 Å². The van der Waals surface area contributed by atoms with Gasteiger partial charge in [0, 0.05) is 44.9 Å². The van der Waals surface area contributed by atoms with Gasteiger partial charge in [0.15, 0.2) is 0 Å². The zero-order chi connectivity index (χ0) is 29.9. The molecule has 216 valence electrons. The summed E-state index contributed by atoms with van der Waals surface area (Å²) in [5, 5.41) is 5.99. The largest absolute Gasteiger partial charge is 0.444 e. The molecule has 11 nitrogen and oxygen atoms in total. The number of aromatic nitrogens is 2. The number of benzene rings is 1. The summed E-state index contributed by atoms with van der Waals surface area (Å²) in [7, 11) is 3.49. The fourth-order valence-electron chi connectivity index (χ4n) is 3.46. The van der Waals surface area contributed by atoms with Crippen LogP contribution in [-0.2, 0) is 9.53 Å². The van der Waals surface area contributed by atoms with Gasteiger partial charge in [0.25, 0.3) is 0 Å². The third-order valence-corrected chi connectivity index (χ3v) is 5.76. The Hall–Kier alpha value is -4.33. The highest BCUT2D eigenvalue weighted by atomic mass is 16.6. The van der Waals surface area contributed by atoms with Crippen molar-refractivity contribution < 1.29 is 19.1 Å². The molecule has 0 unspecified atom stereocenters. The lowest BCUT2D eigenvalue weighted by Gasteiger charge is -2.28. The molecule has 1 aromatic carbocycles. The maximum absolute atomic E-state index is 12.5. The number of amides is 3. The van der Waals surface area contributed by atoms with E-state index in [-0.39, 0.29) is 5.91 Å². The van der Waals surface area contributed by atoms with Gasteiger partial charge in [-0.2, -0.15) is 4.98 Å². The van der Waals surface area contributed by atoms with Crippen molar-refractivity contribution in [2.75, 3.05) is 37.4 Å². The van der Waals surface area contributed by atoms with E-state index in [4.69, 9.17) is 10.5 Å². The van der Waals surface area contributed by atoms with Gasteiger partial charge in [0.05, 0.1) is 11.8 Å². The number of likely N-dealkylation sites (N-methyl/N-ethyl adjacent to an activating group) is 1. The van der Waals surface area contributed by atoms with Crippen LogP contribution in [0.5, 0.6) is 0 Å². The maximum Gasteiger partial charge on any atom is 0.410 e. The van der Waals surface area contributed by atoms with Crippen LogP contribution in [0.2, 0.25) is 0 Å². The number of anilines is 3. The molecule has 0 bridgehead atoms. The summed E-state index contributed by atoms with van der Waals surface area (Å²) in [5.74, 6) is 6.65. The zero-order valence-electron chi connectivity index (χ0n) is 24.5. The van der Waals surface area contributed by atoms with Crippen LogP contribution >= 0.6 is 0 Å². The Morgan fingerprint density at radius 1 is 1.15 bits per heavy atom. The Morgan fingerprint density at radius 3 is 2.42 bits per heavy atom. The number of unbranched alkanes of at least 4 members (excludes halogenated alkanes) is 1. The Morgan fingerprint density at radius 2 is 1.82 bits per heavy atom. The average molecular weight is 552 g/mol. The molecule has 0 saturated heterocycles. The minimum atomic E-state index is -0.664. The van der Waals surface area contributed by atoms with E-state index in [1.54, 1.807) is 65.2 Å². The molecule has 1 atom stereocenters. The van der Waals surface area contributed by atoms with Gasteiger partial charge >= 0.3 is 6.09 Å². The Bertz CT molecular complexity index is 1230. The lowest BCUT2D eigenvalue weighted by atomic mass is 10.2. The van der Waals surface area contributed by atoms with Crippen molar-refractivity contribution in [1.82, 2.24) is 20.2 Å². The first-order valence-electron chi connectivity index (χ1n) is 13.3. The summed E-state index contributed by atoms with van der Waals surface area (Å²) in [5.41, 5.74) is 6.51. The number of hydrogen-bond acceptors (Lipinski definition) is 8. The van der Waals surface area contributed by atoms with E-state index in [2.05, 4.69) is 39.4 Å². The van der Waals surface area contributed by atoms with Crippen molar-refractivity contribution in [1.29, 1.82) is 0 Å². The molecule has 11 heteroatoms. The number of nitrogens with one attached hydrogen (secondary N) is 2. The van der Waals surface area contributed by atoms with Gasteiger partial charge in [0.1, 0.15) is 17.5 Å². The first kappa shape index (κ1) is 31.9. The summed E-state index contributed by atoms with van der Waals surface area (Å²) in [4.78, 5) is 48.3. The van der Waals surface area contributed by atoms with Crippen molar-refractivity contribution in [2.45, 2.75) is 65.5 Å². The van der Waals surface area contributed by atoms with E-state index in [0.717, 1.165) is 18.7 Å². The molecule has 0 aliphatic rings. The van der Waals surface area contributed by atoms with Crippen LogP contribution in [0.25, 0.3) is 0 Å². The minimum Gasteiger partial charge on any atom is -0.444 e. The van der Waals surface area contributed by atoms with Crippen LogP contribution in [0.4, 0.5) is 22.2 Å². The fraction of sp³-hybridized carbons (Fsp3) is 0.483. The Labute approximate surface area is 236 Å². The van der Waals surface area contributed by atoms with E-state index < -0.39 is 23.6 Å².